The Balaban J connectivity index is 1.94. The van der Waals surface area contributed by atoms with Crippen molar-refractivity contribution >= 4 is 0 Å². The Bertz CT molecular complexity index is 214. The van der Waals surface area contributed by atoms with Crippen LogP contribution in [0.15, 0.2) is 0 Å². The molecule has 2 unspecified atom stereocenters. The van der Waals surface area contributed by atoms with Crippen LogP contribution >= 0.6 is 0 Å². The molecule has 3 nitrogen and oxygen atoms in total. The van der Waals surface area contributed by atoms with Crippen molar-refractivity contribution in [2.24, 2.45) is 11.8 Å². The molecule has 0 aromatic carbocycles. The summed E-state index contributed by atoms with van der Waals surface area (Å²) in [5, 5.41) is 0. The average Bonchev–Trinajstić information content (AvgIpc) is 2.74. The first-order valence-electron chi connectivity index (χ1n) is 6.90. The Morgan fingerprint density at radius 2 is 2.19 bits per heavy atom. The lowest BCUT2D eigenvalue weighted by atomic mass is 9.79. The van der Waals surface area contributed by atoms with E-state index in [0.717, 1.165) is 12.5 Å². The van der Waals surface area contributed by atoms with Crippen molar-refractivity contribution in [2.45, 2.75) is 69.9 Å². The summed E-state index contributed by atoms with van der Waals surface area (Å²) >= 11 is 0. The minimum atomic E-state index is 0.228. The summed E-state index contributed by atoms with van der Waals surface area (Å²) in [6.07, 6.45) is 10.0. The third-order valence-corrected chi connectivity index (χ3v) is 4.43. The lowest BCUT2D eigenvalue weighted by molar-refractivity contribution is -0.0983. The quantitative estimate of drug-likeness (QED) is 0.571. The van der Waals surface area contributed by atoms with Crippen molar-refractivity contribution in [1.29, 1.82) is 0 Å². The fourth-order valence-electron chi connectivity index (χ4n) is 3.54. The van der Waals surface area contributed by atoms with E-state index in [2.05, 4.69) is 12.3 Å². The number of ether oxygens (including phenoxy) is 1. The van der Waals surface area contributed by atoms with Gasteiger partial charge >= 0.3 is 0 Å². The van der Waals surface area contributed by atoms with Crippen molar-refractivity contribution in [3.63, 3.8) is 0 Å². The molecule has 0 radical (unpaired) electrons. The molecule has 1 saturated heterocycles. The maximum Gasteiger partial charge on any atom is 0.0685 e. The van der Waals surface area contributed by atoms with Gasteiger partial charge in [0.1, 0.15) is 0 Å². The molecule has 1 aliphatic carbocycles. The van der Waals surface area contributed by atoms with Crippen LogP contribution in [0.25, 0.3) is 0 Å². The normalized spacial score (nSPS) is 30.8. The Morgan fingerprint density at radius 3 is 2.81 bits per heavy atom. The molecule has 2 aliphatic rings. The maximum atomic E-state index is 6.06. The average molecular weight is 226 g/mol. The second-order valence-corrected chi connectivity index (χ2v) is 5.55. The highest BCUT2D eigenvalue weighted by Crippen LogP contribution is 2.43. The van der Waals surface area contributed by atoms with Crippen LogP contribution in [-0.4, -0.2) is 18.2 Å². The van der Waals surface area contributed by atoms with E-state index in [1.807, 2.05) is 0 Å². The maximum absolute atomic E-state index is 6.06. The van der Waals surface area contributed by atoms with E-state index in [1.54, 1.807) is 0 Å². The number of nitrogens with one attached hydrogen (secondary N) is 1. The summed E-state index contributed by atoms with van der Waals surface area (Å²) in [4.78, 5) is 0. The third kappa shape index (κ3) is 2.58. The van der Waals surface area contributed by atoms with Gasteiger partial charge in [-0.15, -0.1) is 0 Å². The van der Waals surface area contributed by atoms with Gasteiger partial charge in [-0.25, -0.2) is 0 Å². The number of rotatable bonds is 4. The van der Waals surface area contributed by atoms with Crippen molar-refractivity contribution in [2.75, 3.05) is 6.61 Å². The zero-order valence-corrected chi connectivity index (χ0v) is 10.5. The van der Waals surface area contributed by atoms with Gasteiger partial charge in [0.2, 0.25) is 0 Å². The molecule has 1 heterocycles. The number of nitrogens with two attached hydrogens (primary N) is 1. The molecule has 0 aromatic rings. The zero-order chi connectivity index (χ0) is 11.4. The molecule has 3 N–H and O–H groups in total. The molecule has 2 atom stereocenters. The molecule has 16 heavy (non-hydrogen) atoms. The third-order valence-electron chi connectivity index (χ3n) is 4.43. The van der Waals surface area contributed by atoms with E-state index in [0.29, 0.717) is 6.04 Å². The van der Waals surface area contributed by atoms with Crippen molar-refractivity contribution < 1.29 is 4.74 Å². The predicted molar refractivity (Wildman–Crippen MR) is 65.9 cm³/mol. The summed E-state index contributed by atoms with van der Waals surface area (Å²) in [5.74, 6) is 6.41. The van der Waals surface area contributed by atoms with Gasteiger partial charge in [0, 0.05) is 12.6 Å². The highest BCUT2D eigenvalue weighted by Gasteiger charge is 2.41. The summed E-state index contributed by atoms with van der Waals surface area (Å²) < 4.78 is 6.06. The van der Waals surface area contributed by atoms with Gasteiger partial charge in [-0.2, -0.15) is 0 Å². The number of hydrogen-bond acceptors (Lipinski definition) is 3. The van der Waals surface area contributed by atoms with E-state index in [9.17, 15) is 0 Å². The van der Waals surface area contributed by atoms with Crippen LogP contribution in [-0.2, 0) is 4.74 Å². The Morgan fingerprint density at radius 1 is 1.44 bits per heavy atom. The number of hydrazine groups is 1. The van der Waals surface area contributed by atoms with Gasteiger partial charge in [0.25, 0.3) is 0 Å². The monoisotopic (exact) mass is 226 g/mol. The molecule has 3 heteroatoms. The first-order valence-corrected chi connectivity index (χ1v) is 6.90. The van der Waals surface area contributed by atoms with Crippen LogP contribution in [0.4, 0.5) is 0 Å². The number of hydrogen-bond donors (Lipinski definition) is 2. The van der Waals surface area contributed by atoms with E-state index in [1.165, 1.54) is 51.4 Å². The topological polar surface area (TPSA) is 47.3 Å². The van der Waals surface area contributed by atoms with E-state index in [-0.39, 0.29) is 5.60 Å². The molecular weight excluding hydrogens is 200 g/mol. The minimum absolute atomic E-state index is 0.228. The molecule has 94 valence electrons. The Labute approximate surface area is 99.1 Å². The highest BCUT2D eigenvalue weighted by molar-refractivity contribution is 4.93. The van der Waals surface area contributed by atoms with Crippen LogP contribution < -0.4 is 11.3 Å². The molecule has 2 fully saturated rings. The smallest absolute Gasteiger partial charge is 0.0685 e. The molecule has 1 aliphatic heterocycles. The van der Waals surface area contributed by atoms with Crippen LogP contribution in [0.1, 0.15) is 58.3 Å². The van der Waals surface area contributed by atoms with Crippen LogP contribution in [0.3, 0.4) is 0 Å². The predicted octanol–water partition coefficient (Wildman–Crippen LogP) is 2.36. The van der Waals surface area contributed by atoms with Crippen molar-refractivity contribution in [3.8, 4) is 0 Å². The SMILES string of the molecule is CCCC(NN)C1CCOC2(CCCC2)C1. The molecule has 2 rings (SSSR count). The molecule has 0 aromatic heterocycles. The van der Waals surface area contributed by atoms with Gasteiger partial charge in [-0.3, -0.25) is 11.3 Å². The second-order valence-electron chi connectivity index (χ2n) is 5.55. The van der Waals surface area contributed by atoms with Crippen LogP contribution in [0, 0.1) is 5.92 Å². The molecule has 1 spiro atoms. The van der Waals surface area contributed by atoms with E-state index in [4.69, 9.17) is 10.6 Å². The standard InChI is InChI=1S/C13H26N2O/c1-2-5-12(15-14)11-6-9-16-13(10-11)7-3-4-8-13/h11-12,15H,2-10,14H2,1H3. The van der Waals surface area contributed by atoms with E-state index < -0.39 is 0 Å². The zero-order valence-electron chi connectivity index (χ0n) is 10.5. The van der Waals surface area contributed by atoms with Crippen LogP contribution in [0.2, 0.25) is 0 Å². The van der Waals surface area contributed by atoms with Gasteiger partial charge in [-0.1, -0.05) is 26.2 Å². The van der Waals surface area contributed by atoms with Crippen molar-refractivity contribution in [1.82, 2.24) is 5.43 Å². The summed E-state index contributed by atoms with van der Waals surface area (Å²) in [6.45, 7) is 3.17. The van der Waals surface area contributed by atoms with Gasteiger partial charge in [0.05, 0.1) is 5.60 Å². The Kier molecular flexibility index (Phi) is 4.22. The highest BCUT2D eigenvalue weighted by atomic mass is 16.5. The summed E-state index contributed by atoms with van der Waals surface area (Å²) in [5.41, 5.74) is 3.25. The lowest BCUT2D eigenvalue weighted by Gasteiger charge is -2.41. The minimum Gasteiger partial charge on any atom is -0.375 e. The molecular formula is C13H26N2O. The first-order chi connectivity index (χ1) is 7.79. The first kappa shape index (κ1) is 12.3. The van der Waals surface area contributed by atoms with Crippen molar-refractivity contribution in [3.05, 3.63) is 0 Å². The second kappa shape index (κ2) is 5.48. The fourth-order valence-corrected chi connectivity index (χ4v) is 3.54. The molecule has 0 bridgehead atoms. The summed E-state index contributed by atoms with van der Waals surface area (Å²) in [7, 11) is 0. The largest absolute Gasteiger partial charge is 0.375 e. The fraction of sp³-hybridized carbons (Fsp3) is 1.00. The van der Waals surface area contributed by atoms with Gasteiger partial charge in [-0.05, 0) is 38.0 Å². The summed E-state index contributed by atoms with van der Waals surface area (Å²) in [6, 6.07) is 0.492. The van der Waals surface area contributed by atoms with Crippen LogP contribution in [0.5, 0.6) is 0 Å². The molecule has 1 saturated carbocycles. The van der Waals surface area contributed by atoms with Gasteiger partial charge in [0.15, 0.2) is 0 Å². The van der Waals surface area contributed by atoms with E-state index >= 15 is 0 Å². The molecule has 0 amide bonds. The Hall–Kier alpha value is -0.120. The lowest BCUT2D eigenvalue weighted by Crippen LogP contribution is -2.47. The van der Waals surface area contributed by atoms with Gasteiger partial charge < -0.3 is 4.74 Å².